The lowest BCUT2D eigenvalue weighted by molar-refractivity contribution is 0.0887. The van der Waals surface area contributed by atoms with Gasteiger partial charge in [-0.1, -0.05) is 43.9 Å². The van der Waals surface area contributed by atoms with Gasteiger partial charge in [-0.3, -0.25) is 4.79 Å². The van der Waals surface area contributed by atoms with Crippen molar-refractivity contribution in [3.8, 4) is 0 Å². The molecule has 0 N–H and O–H groups in total. The quantitative estimate of drug-likeness (QED) is 0.548. The minimum Gasteiger partial charge on any atom is -0.344 e. The molecular weight excluding hydrogens is 358 g/mol. The van der Waals surface area contributed by atoms with Crippen molar-refractivity contribution in [2.24, 2.45) is 11.8 Å². The summed E-state index contributed by atoms with van der Waals surface area (Å²) >= 11 is 0. The van der Waals surface area contributed by atoms with E-state index in [2.05, 4.69) is 38.4 Å². The van der Waals surface area contributed by atoms with Crippen LogP contribution in [0.5, 0.6) is 0 Å². The maximum absolute atomic E-state index is 13.6. The topological polar surface area (TPSA) is 39.8 Å². The van der Waals surface area contributed by atoms with Crippen molar-refractivity contribution in [2.75, 3.05) is 0 Å². The molecule has 0 radical (unpaired) electrons. The van der Waals surface area contributed by atoms with E-state index in [9.17, 15) is 4.79 Å². The fourth-order valence-electron chi connectivity index (χ4n) is 5.56. The maximum atomic E-state index is 13.6. The first-order valence-electron chi connectivity index (χ1n) is 11.3. The Labute approximate surface area is 172 Å². The lowest BCUT2D eigenvalue weighted by Gasteiger charge is -2.25. The Morgan fingerprint density at radius 2 is 1.83 bits per heavy atom. The zero-order chi connectivity index (χ0) is 19.8. The summed E-state index contributed by atoms with van der Waals surface area (Å²) < 4.78 is 4.63. The molecule has 1 aromatic carbocycles. The number of nitrogens with zero attached hydrogens (tertiary/aromatic N) is 3. The summed E-state index contributed by atoms with van der Waals surface area (Å²) in [5.41, 5.74) is 3.55. The molecule has 0 amide bonds. The van der Waals surface area contributed by atoms with Crippen LogP contribution in [0.25, 0.3) is 10.9 Å². The molecule has 1 fully saturated rings. The Hall–Kier alpha value is -2.36. The second-order valence-corrected chi connectivity index (χ2v) is 9.03. The van der Waals surface area contributed by atoms with Gasteiger partial charge in [-0.2, -0.15) is 0 Å². The molecule has 0 spiro atoms. The van der Waals surface area contributed by atoms with Crippen LogP contribution >= 0.6 is 0 Å². The summed E-state index contributed by atoms with van der Waals surface area (Å²) in [5, 5.41) is 1.16. The number of benzene rings is 1. The number of carbonyl (C=O) groups is 1. The van der Waals surface area contributed by atoms with Gasteiger partial charge in [0.15, 0.2) is 5.78 Å². The highest BCUT2D eigenvalue weighted by atomic mass is 16.1. The van der Waals surface area contributed by atoms with Crippen LogP contribution in [-0.4, -0.2) is 19.9 Å². The van der Waals surface area contributed by atoms with Crippen molar-refractivity contribution in [1.82, 2.24) is 14.1 Å². The second-order valence-electron chi connectivity index (χ2n) is 9.03. The third kappa shape index (κ3) is 3.43. The maximum Gasteiger partial charge on any atom is 0.170 e. The fraction of sp³-hybridized carbons (Fsp3) is 0.520. The molecule has 2 aromatic heterocycles. The molecule has 5 rings (SSSR count). The number of hydrogen-bond acceptors (Lipinski definition) is 2. The number of aromatic nitrogens is 3. The van der Waals surface area contributed by atoms with Crippen molar-refractivity contribution in [1.29, 1.82) is 0 Å². The molecule has 2 heterocycles. The van der Waals surface area contributed by atoms with Crippen LogP contribution in [0.4, 0.5) is 0 Å². The van der Waals surface area contributed by atoms with E-state index in [1.54, 1.807) is 0 Å². The SMILES string of the molecule is Cc1nccn1CC1CCc2c(c3ccccc3n2CC2CCCCCC2)C1=O. The molecule has 4 nitrogen and oxygen atoms in total. The van der Waals surface area contributed by atoms with E-state index in [1.165, 1.54) is 49.7 Å². The van der Waals surface area contributed by atoms with E-state index in [4.69, 9.17) is 0 Å². The summed E-state index contributed by atoms with van der Waals surface area (Å²) in [4.78, 5) is 17.9. The first kappa shape index (κ1) is 18.7. The van der Waals surface area contributed by atoms with Gasteiger partial charge in [-0.05, 0) is 44.6 Å². The minimum absolute atomic E-state index is 0.0486. The predicted molar refractivity (Wildman–Crippen MR) is 116 cm³/mol. The van der Waals surface area contributed by atoms with Crippen molar-refractivity contribution in [3.63, 3.8) is 0 Å². The predicted octanol–water partition coefficient (Wildman–Crippen LogP) is 5.56. The standard InChI is InChI=1S/C25H31N3O/c1-18-26-14-15-27(18)17-20-12-13-23-24(25(20)29)21-10-6-7-11-22(21)28(23)16-19-8-4-2-3-5-9-19/h6-7,10-11,14-15,19-20H,2-5,8-9,12-13,16-17H2,1H3. The van der Waals surface area contributed by atoms with Gasteiger partial charge in [0.2, 0.25) is 0 Å². The molecule has 0 aliphatic heterocycles. The summed E-state index contributed by atoms with van der Waals surface area (Å²) in [7, 11) is 0. The summed E-state index contributed by atoms with van der Waals surface area (Å²) in [6, 6.07) is 8.57. The number of ketones is 1. The highest BCUT2D eigenvalue weighted by molar-refractivity contribution is 6.11. The third-order valence-electron chi connectivity index (χ3n) is 7.18. The molecule has 2 aliphatic rings. The van der Waals surface area contributed by atoms with Gasteiger partial charge in [0, 0.05) is 53.6 Å². The zero-order valence-electron chi connectivity index (χ0n) is 17.4. The molecule has 2 aliphatic carbocycles. The lowest BCUT2D eigenvalue weighted by Crippen LogP contribution is -2.27. The Morgan fingerprint density at radius 3 is 2.59 bits per heavy atom. The lowest BCUT2D eigenvalue weighted by atomic mass is 9.84. The summed E-state index contributed by atoms with van der Waals surface area (Å²) in [6.07, 6.45) is 13.9. The summed E-state index contributed by atoms with van der Waals surface area (Å²) in [6.45, 7) is 3.83. The van der Waals surface area contributed by atoms with E-state index in [1.807, 2.05) is 19.3 Å². The number of hydrogen-bond donors (Lipinski definition) is 0. The second kappa shape index (κ2) is 7.81. The number of carbonyl (C=O) groups excluding carboxylic acids is 1. The van der Waals surface area contributed by atoms with Crippen molar-refractivity contribution < 1.29 is 4.79 Å². The van der Waals surface area contributed by atoms with Gasteiger partial charge in [0.1, 0.15) is 5.82 Å². The number of Topliss-reactive ketones (excluding diaryl/α,β-unsaturated/α-hetero) is 1. The van der Waals surface area contributed by atoms with E-state index in [-0.39, 0.29) is 5.92 Å². The van der Waals surface area contributed by atoms with Crippen LogP contribution in [-0.2, 0) is 19.5 Å². The average molecular weight is 390 g/mol. The molecule has 152 valence electrons. The Bertz CT molecular complexity index is 1020. The van der Waals surface area contributed by atoms with E-state index >= 15 is 0 Å². The monoisotopic (exact) mass is 389 g/mol. The largest absolute Gasteiger partial charge is 0.344 e. The summed E-state index contributed by atoms with van der Waals surface area (Å²) in [5.74, 6) is 2.11. The van der Waals surface area contributed by atoms with Crippen LogP contribution < -0.4 is 0 Å². The van der Waals surface area contributed by atoms with Crippen LogP contribution in [0.1, 0.15) is 66.8 Å². The van der Waals surface area contributed by atoms with Crippen LogP contribution in [0.15, 0.2) is 36.7 Å². The van der Waals surface area contributed by atoms with Crippen molar-refractivity contribution in [3.05, 3.63) is 53.7 Å². The minimum atomic E-state index is 0.0486. The molecule has 1 atom stereocenters. The van der Waals surface area contributed by atoms with E-state index in [0.717, 1.165) is 48.6 Å². The van der Waals surface area contributed by atoms with Crippen LogP contribution in [0, 0.1) is 18.8 Å². The molecule has 3 aromatic rings. The third-order valence-corrected chi connectivity index (χ3v) is 7.18. The van der Waals surface area contributed by atoms with Gasteiger partial charge < -0.3 is 9.13 Å². The Morgan fingerprint density at radius 1 is 1.03 bits per heavy atom. The number of rotatable bonds is 4. The number of imidazole rings is 1. The molecule has 0 saturated heterocycles. The number of aryl methyl sites for hydroxylation is 1. The fourth-order valence-corrected chi connectivity index (χ4v) is 5.56. The molecule has 1 unspecified atom stereocenters. The molecule has 1 saturated carbocycles. The van der Waals surface area contributed by atoms with Crippen molar-refractivity contribution in [2.45, 2.75) is 71.4 Å². The van der Waals surface area contributed by atoms with Gasteiger partial charge >= 0.3 is 0 Å². The van der Waals surface area contributed by atoms with Crippen molar-refractivity contribution >= 4 is 16.7 Å². The average Bonchev–Trinajstić information content (AvgIpc) is 3.15. The highest BCUT2D eigenvalue weighted by Crippen LogP contribution is 2.36. The zero-order valence-corrected chi connectivity index (χ0v) is 17.4. The number of para-hydroxylation sites is 1. The molecule has 0 bridgehead atoms. The van der Waals surface area contributed by atoms with Crippen LogP contribution in [0.3, 0.4) is 0 Å². The normalized spacial score (nSPS) is 20.7. The van der Waals surface area contributed by atoms with E-state index in [0.29, 0.717) is 5.78 Å². The first-order valence-corrected chi connectivity index (χ1v) is 11.3. The molecule has 29 heavy (non-hydrogen) atoms. The van der Waals surface area contributed by atoms with E-state index < -0.39 is 0 Å². The first-order chi connectivity index (χ1) is 14.2. The highest BCUT2D eigenvalue weighted by Gasteiger charge is 2.33. The Kier molecular flexibility index (Phi) is 5.03. The van der Waals surface area contributed by atoms with Gasteiger partial charge in [0.05, 0.1) is 0 Å². The Balaban J connectivity index is 1.50. The number of fused-ring (bicyclic) bond motifs is 3. The smallest absolute Gasteiger partial charge is 0.170 e. The van der Waals surface area contributed by atoms with Gasteiger partial charge in [-0.15, -0.1) is 0 Å². The van der Waals surface area contributed by atoms with Gasteiger partial charge in [-0.25, -0.2) is 4.98 Å². The molecular formula is C25H31N3O. The van der Waals surface area contributed by atoms with Gasteiger partial charge in [0.25, 0.3) is 0 Å². The molecule has 4 heteroatoms. The van der Waals surface area contributed by atoms with Crippen LogP contribution in [0.2, 0.25) is 0 Å².